The molecule has 0 fully saturated rings. The lowest BCUT2D eigenvalue weighted by Gasteiger charge is -2.10. The molecule has 0 unspecified atom stereocenters. The summed E-state index contributed by atoms with van der Waals surface area (Å²) in [5, 5.41) is 6.35. The Balaban J connectivity index is 2.49. The quantitative estimate of drug-likeness (QED) is 0.510. The fourth-order valence-corrected chi connectivity index (χ4v) is 1.90. The molecule has 0 aliphatic carbocycles. The highest BCUT2D eigenvalue weighted by Gasteiger charge is 2.06. The first-order chi connectivity index (χ1) is 9.22. The van der Waals surface area contributed by atoms with Crippen molar-refractivity contribution in [2.75, 3.05) is 6.61 Å². The highest BCUT2D eigenvalue weighted by atomic mass is 32.1. The Morgan fingerprint density at radius 3 is 2.89 bits per heavy atom. The molecule has 98 valence electrons. The maximum atomic E-state index is 5.62. The van der Waals surface area contributed by atoms with Gasteiger partial charge in [0.25, 0.3) is 0 Å². The number of nitrogens with two attached hydrogens (primary N) is 1. The predicted molar refractivity (Wildman–Crippen MR) is 82.6 cm³/mol. The number of fused-ring (bicyclic) bond motifs is 1. The van der Waals surface area contributed by atoms with E-state index in [2.05, 4.69) is 10.5 Å². The molecular formula is C14H15N3OS. The molecule has 2 aromatic carbocycles. The Labute approximate surface area is 117 Å². The van der Waals surface area contributed by atoms with Crippen molar-refractivity contribution in [1.29, 1.82) is 0 Å². The first-order valence-electron chi connectivity index (χ1n) is 5.95. The number of benzene rings is 2. The van der Waals surface area contributed by atoms with Gasteiger partial charge in [0, 0.05) is 5.56 Å². The van der Waals surface area contributed by atoms with Crippen LogP contribution < -0.4 is 15.9 Å². The summed E-state index contributed by atoms with van der Waals surface area (Å²) in [6.45, 7) is 2.55. The molecule has 0 heterocycles. The first kappa shape index (κ1) is 13.3. The number of ether oxygens (including phenoxy) is 1. The van der Waals surface area contributed by atoms with Gasteiger partial charge >= 0.3 is 0 Å². The molecule has 0 aliphatic rings. The minimum absolute atomic E-state index is 0.134. The number of hydrogen-bond acceptors (Lipinski definition) is 3. The standard InChI is InChI=1S/C14H15N3OS/c1-2-18-13-8-7-10-5-3-4-6-11(10)12(13)9-16-17-14(15)19/h3-9H,2H2,1H3,(H3,15,17,19)/b16-9+. The fourth-order valence-electron chi connectivity index (χ4n) is 1.85. The molecule has 19 heavy (non-hydrogen) atoms. The van der Waals surface area contributed by atoms with E-state index in [9.17, 15) is 0 Å². The van der Waals surface area contributed by atoms with Crippen LogP contribution in [-0.2, 0) is 0 Å². The second-order valence-corrected chi connectivity index (χ2v) is 4.31. The van der Waals surface area contributed by atoms with Crippen LogP contribution in [0.25, 0.3) is 10.8 Å². The molecule has 0 atom stereocenters. The third-order valence-electron chi connectivity index (χ3n) is 2.60. The lowest BCUT2D eigenvalue weighted by atomic mass is 10.0. The van der Waals surface area contributed by atoms with Gasteiger partial charge in [-0.2, -0.15) is 5.10 Å². The van der Waals surface area contributed by atoms with E-state index in [0.717, 1.165) is 22.1 Å². The predicted octanol–water partition coefficient (Wildman–Crippen LogP) is 2.41. The normalized spacial score (nSPS) is 10.8. The average Bonchev–Trinajstić information content (AvgIpc) is 2.40. The Kier molecular flexibility index (Phi) is 4.30. The summed E-state index contributed by atoms with van der Waals surface area (Å²) in [6.07, 6.45) is 1.67. The Bertz CT molecular complexity index is 625. The highest BCUT2D eigenvalue weighted by molar-refractivity contribution is 7.80. The van der Waals surface area contributed by atoms with Gasteiger partial charge in [-0.3, -0.25) is 5.43 Å². The highest BCUT2D eigenvalue weighted by Crippen LogP contribution is 2.26. The third kappa shape index (κ3) is 3.20. The van der Waals surface area contributed by atoms with E-state index in [0.29, 0.717) is 6.61 Å². The van der Waals surface area contributed by atoms with Gasteiger partial charge in [-0.1, -0.05) is 30.3 Å². The molecule has 0 aliphatic heterocycles. The van der Waals surface area contributed by atoms with E-state index in [1.165, 1.54) is 0 Å². The van der Waals surface area contributed by atoms with E-state index < -0.39 is 0 Å². The largest absolute Gasteiger partial charge is 0.493 e. The molecule has 0 bridgehead atoms. The van der Waals surface area contributed by atoms with Crippen LogP contribution in [0.15, 0.2) is 41.5 Å². The van der Waals surface area contributed by atoms with E-state index in [-0.39, 0.29) is 5.11 Å². The van der Waals surface area contributed by atoms with E-state index in [1.54, 1.807) is 6.21 Å². The summed E-state index contributed by atoms with van der Waals surface area (Å²) in [5.41, 5.74) is 8.80. The molecule has 0 amide bonds. The van der Waals surface area contributed by atoms with E-state index in [1.807, 2.05) is 43.3 Å². The van der Waals surface area contributed by atoms with Crippen molar-refractivity contribution >= 4 is 34.3 Å². The SMILES string of the molecule is CCOc1ccc2ccccc2c1/C=N/NC(N)=S. The molecule has 5 heteroatoms. The molecule has 2 aromatic rings. The van der Waals surface area contributed by atoms with Crippen LogP contribution in [-0.4, -0.2) is 17.9 Å². The van der Waals surface area contributed by atoms with Crippen LogP contribution in [0.5, 0.6) is 5.75 Å². The molecule has 0 aromatic heterocycles. The topological polar surface area (TPSA) is 59.6 Å². The monoisotopic (exact) mass is 273 g/mol. The summed E-state index contributed by atoms with van der Waals surface area (Å²) in [7, 11) is 0. The summed E-state index contributed by atoms with van der Waals surface area (Å²) in [4.78, 5) is 0. The maximum absolute atomic E-state index is 5.62. The molecule has 2 rings (SSSR count). The van der Waals surface area contributed by atoms with Gasteiger partial charge < -0.3 is 10.5 Å². The van der Waals surface area contributed by atoms with Crippen molar-refractivity contribution in [2.45, 2.75) is 6.92 Å². The zero-order chi connectivity index (χ0) is 13.7. The van der Waals surface area contributed by atoms with Gasteiger partial charge in [-0.05, 0) is 36.0 Å². The lowest BCUT2D eigenvalue weighted by Crippen LogP contribution is -2.24. The number of hydrogen-bond donors (Lipinski definition) is 2. The first-order valence-corrected chi connectivity index (χ1v) is 6.36. The van der Waals surface area contributed by atoms with Crippen LogP contribution in [0.4, 0.5) is 0 Å². The number of rotatable bonds is 4. The smallest absolute Gasteiger partial charge is 0.184 e. The van der Waals surface area contributed by atoms with Crippen LogP contribution in [0.1, 0.15) is 12.5 Å². The van der Waals surface area contributed by atoms with Crippen molar-refractivity contribution in [3.8, 4) is 5.75 Å². The van der Waals surface area contributed by atoms with Crippen LogP contribution >= 0.6 is 12.2 Å². The average molecular weight is 273 g/mol. The van der Waals surface area contributed by atoms with Crippen molar-refractivity contribution in [1.82, 2.24) is 5.43 Å². The van der Waals surface area contributed by atoms with Gasteiger partial charge in [0.15, 0.2) is 5.11 Å². The molecule has 0 saturated carbocycles. The molecular weight excluding hydrogens is 258 g/mol. The molecule has 3 N–H and O–H groups in total. The second kappa shape index (κ2) is 6.15. The van der Waals surface area contributed by atoms with Gasteiger partial charge in [-0.25, -0.2) is 0 Å². The minimum Gasteiger partial charge on any atom is -0.493 e. The van der Waals surface area contributed by atoms with Crippen molar-refractivity contribution in [3.63, 3.8) is 0 Å². The molecule has 0 spiro atoms. The lowest BCUT2D eigenvalue weighted by molar-refractivity contribution is 0.340. The van der Waals surface area contributed by atoms with E-state index in [4.69, 9.17) is 22.7 Å². The number of thiocarbonyl (C=S) groups is 1. The van der Waals surface area contributed by atoms with Crippen LogP contribution in [0.2, 0.25) is 0 Å². The third-order valence-corrected chi connectivity index (χ3v) is 2.69. The zero-order valence-corrected chi connectivity index (χ0v) is 11.4. The van der Waals surface area contributed by atoms with Gasteiger partial charge in [0.1, 0.15) is 5.75 Å². The number of nitrogens with one attached hydrogen (secondary N) is 1. The van der Waals surface area contributed by atoms with Crippen LogP contribution in [0.3, 0.4) is 0 Å². The summed E-state index contributed by atoms with van der Waals surface area (Å²) >= 11 is 4.71. The zero-order valence-electron chi connectivity index (χ0n) is 10.6. The maximum Gasteiger partial charge on any atom is 0.184 e. The molecule has 0 radical (unpaired) electrons. The summed E-state index contributed by atoms with van der Waals surface area (Å²) in [5.74, 6) is 0.787. The van der Waals surface area contributed by atoms with Crippen molar-refractivity contribution < 1.29 is 4.74 Å². The Hall–Kier alpha value is -2.14. The van der Waals surface area contributed by atoms with Gasteiger partial charge in [0.05, 0.1) is 12.8 Å². The van der Waals surface area contributed by atoms with Gasteiger partial charge in [-0.15, -0.1) is 0 Å². The van der Waals surface area contributed by atoms with Crippen LogP contribution in [0, 0.1) is 0 Å². The number of hydrazone groups is 1. The number of nitrogens with zero attached hydrogens (tertiary/aromatic N) is 1. The van der Waals surface area contributed by atoms with E-state index >= 15 is 0 Å². The summed E-state index contributed by atoms with van der Waals surface area (Å²) < 4.78 is 5.62. The van der Waals surface area contributed by atoms with Gasteiger partial charge in [0.2, 0.25) is 0 Å². The minimum atomic E-state index is 0.134. The Morgan fingerprint density at radius 2 is 2.16 bits per heavy atom. The van der Waals surface area contributed by atoms with Crippen molar-refractivity contribution in [3.05, 3.63) is 42.0 Å². The molecule has 4 nitrogen and oxygen atoms in total. The molecule has 0 saturated heterocycles. The summed E-state index contributed by atoms with van der Waals surface area (Å²) in [6, 6.07) is 12.0. The fraction of sp³-hybridized carbons (Fsp3) is 0.143. The second-order valence-electron chi connectivity index (χ2n) is 3.87. The van der Waals surface area contributed by atoms with Crippen molar-refractivity contribution in [2.24, 2.45) is 10.8 Å². The Morgan fingerprint density at radius 1 is 1.37 bits per heavy atom.